The number of carbonyl (C=O) groups excluding carboxylic acids is 3. The Morgan fingerprint density at radius 3 is 0.910 bits per heavy atom. The average Bonchev–Trinajstić information content (AvgIpc) is 3.33. The topological polar surface area (TPSA) is 78.9 Å². The predicted octanol–water partition coefficient (Wildman–Crippen LogP) is 19.7. The van der Waals surface area contributed by atoms with E-state index in [1.54, 1.807) is 0 Å². The van der Waals surface area contributed by atoms with Gasteiger partial charge in [0.2, 0.25) is 0 Å². The molecule has 0 radical (unpaired) electrons. The van der Waals surface area contributed by atoms with E-state index in [4.69, 9.17) is 14.2 Å². The van der Waals surface area contributed by atoms with Gasteiger partial charge < -0.3 is 14.2 Å². The van der Waals surface area contributed by atoms with Crippen LogP contribution >= 0.6 is 0 Å². The molecule has 0 N–H and O–H groups in total. The highest BCUT2D eigenvalue weighted by atomic mass is 16.6. The Labute approximate surface area is 416 Å². The van der Waals surface area contributed by atoms with Crippen LogP contribution in [-0.2, 0) is 28.6 Å². The summed E-state index contributed by atoms with van der Waals surface area (Å²) < 4.78 is 16.9. The minimum atomic E-state index is -0.777. The zero-order valence-electron chi connectivity index (χ0n) is 44.9. The first kappa shape index (κ1) is 64.6. The van der Waals surface area contributed by atoms with Crippen molar-refractivity contribution in [3.05, 3.63) is 36.5 Å². The second-order valence-electron chi connectivity index (χ2n) is 19.9. The SMILES string of the molecule is CC/C=C\C/C=C\C/C=C\CCCCCCCC(=O)O[C@@H](COC(=O)CCCCCCCCCCCCCCCCC)COC(=O)CCCCCCCCCCCCCCCCCCCCC. The summed E-state index contributed by atoms with van der Waals surface area (Å²) >= 11 is 0. The van der Waals surface area contributed by atoms with Crippen molar-refractivity contribution < 1.29 is 28.6 Å². The molecular weight excluding hydrogens is 829 g/mol. The molecule has 1 atom stereocenters. The summed E-state index contributed by atoms with van der Waals surface area (Å²) in [7, 11) is 0. The summed E-state index contributed by atoms with van der Waals surface area (Å²) in [5.41, 5.74) is 0. The van der Waals surface area contributed by atoms with Gasteiger partial charge in [-0.2, -0.15) is 0 Å². The van der Waals surface area contributed by atoms with E-state index < -0.39 is 6.10 Å². The zero-order valence-corrected chi connectivity index (χ0v) is 44.9. The van der Waals surface area contributed by atoms with Gasteiger partial charge in [-0.1, -0.05) is 282 Å². The smallest absolute Gasteiger partial charge is 0.306 e. The van der Waals surface area contributed by atoms with Crippen molar-refractivity contribution in [2.45, 2.75) is 322 Å². The van der Waals surface area contributed by atoms with Crippen LogP contribution in [0.4, 0.5) is 0 Å². The number of unbranched alkanes of at least 4 members (excludes halogenated alkanes) is 37. The monoisotopic (exact) mass is 941 g/mol. The van der Waals surface area contributed by atoms with E-state index in [2.05, 4.69) is 57.2 Å². The van der Waals surface area contributed by atoms with Gasteiger partial charge in [-0.05, 0) is 51.4 Å². The molecule has 0 aliphatic rings. The Morgan fingerprint density at radius 1 is 0.313 bits per heavy atom. The van der Waals surface area contributed by atoms with Crippen LogP contribution in [0.25, 0.3) is 0 Å². The molecule has 0 fully saturated rings. The van der Waals surface area contributed by atoms with Crippen LogP contribution in [0, 0.1) is 0 Å². The second kappa shape index (κ2) is 56.2. The van der Waals surface area contributed by atoms with E-state index in [0.29, 0.717) is 19.3 Å². The van der Waals surface area contributed by atoms with Crippen LogP contribution in [0.5, 0.6) is 0 Å². The summed E-state index contributed by atoms with van der Waals surface area (Å²) in [6, 6.07) is 0. The summed E-state index contributed by atoms with van der Waals surface area (Å²) in [6.07, 6.45) is 67.1. The van der Waals surface area contributed by atoms with Crippen molar-refractivity contribution in [1.29, 1.82) is 0 Å². The van der Waals surface area contributed by atoms with E-state index in [9.17, 15) is 14.4 Å². The Kier molecular flexibility index (Phi) is 54.2. The van der Waals surface area contributed by atoms with Crippen molar-refractivity contribution in [1.82, 2.24) is 0 Å². The molecule has 0 saturated heterocycles. The van der Waals surface area contributed by atoms with Crippen LogP contribution in [0.3, 0.4) is 0 Å². The van der Waals surface area contributed by atoms with Gasteiger partial charge in [0.1, 0.15) is 13.2 Å². The molecule has 0 rings (SSSR count). The lowest BCUT2D eigenvalue weighted by atomic mass is 10.0. The zero-order chi connectivity index (χ0) is 48.6. The normalized spacial score (nSPS) is 12.2. The molecule has 392 valence electrons. The summed E-state index contributed by atoms with van der Waals surface area (Å²) in [5, 5.41) is 0. The molecule has 0 aromatic heterocycles. The molecule has 67 heavy (non-hydrogen) atoms. The molecule has 0 saturated carbocycles. The third-order valence-electron chi connectivity index (χ3n) is 13.2. The third kappa shape index (κ3) is 54.4. The standard InChI is InChI=1S/C61H112O6/c1-4-7-10-13-16-19-22-25-28-29-30-31-34-36-39-42-45-48-51-54-60(63)66-57-58(67-61(64)55-52-49-46-43-40-37-33-27-24-21-18-15-12-9-6-3)56-65-59(62)53-50-47-44-41-38-35-32-26-23-20-17-14-11-8-5-2/h9,12,18,21,27,33,58H,4-8,10-11,13-17,19-20,22-26,28-32,34-57H2,1-3H3/b12-9-,21-18-,33-27-/t58-/m0/s1. The lowest BCUT2D eigenvalue weighted by Crippen LogP contribution is -2.30. The average molecular weight is 942 g/mol. The molecular formula is C61H112O6. The Bertz CT molecular complexity index is 1130. The van der Waals surface area contributed by atoms with Gasteiger partial charge >= 0.3 is 17.9 Å². The molecule has 0 spiro atoms. The second-order valence-corrected chi connectivity index (χ2v) is 19.9. The molecule has 0 aromatic rings. The summed E-state index contributed by atoms with van der Waals surface area (Å²) in [6.45, 7) is 6.57. The van der Waals surface area contributed by atoms with Gasteiger partial charge in [0, 0.05) is 19.3 Å². The number of esters is 3. The molecule has 0 bridgehead atoms. The number of ether oxygens (including phenoxy) is 3. The molecule has 0 aromatic carbocycles. The highest BCUT2D eigenvalue weighted by Gasteiger charge is 2.19. The predicted molar refractivity (Wildman–Crippen MR) is 289 cm³/mol. The molecule has 6 heteroatoms. The Balaban J connectivity index is 4.32. The lowest BCUT2D eigenvalue weighted by molar-refractivity contribution is -0.167. The van der Waals surface area contributed by atoms with Gasteiger partial charge in [-0.15, -0.1) is 0 Å². The maximum absolute atomic E-state index is 12.8. The summed E-state index contributed by atoms with van der Waals surface area (Å²) in [5.74, 6) is -0.870. The van der Waals surface area contributed by atoms with Crippen molar-refractivity contribution in [3.63, 3.8) is 0 Å². The Morgan fingerprint density at radius 2 is 0.582 bits per heavy atom. The van der Waals surface area contributed by atoms with Crippen molar-refractivity contribution in [2.75, 3.05) is 13.2 Å². The van der Waals surface area contributed by atoms with Crippen molar-refractivity contribution >= 4 is 17.9 Å². The van der Waals surface area contributed by atoms with Gasteiger partial charge in [-0.3, -0.25) is 14.4 Å². The number of carbonyl (C=O) groups is 3. The van der Waals surface area contributed by atoms with Crippen LogP contribution in [0.2, 0.25) is 0 Å². The first-order valence-corrected chi connectivity index (χ1v) is 29.5. The van der Waals surface area contributed by atoms with Crippen LogP contribution in [0.15, 0.2) is 36.5 Å². The highest BCUT2D eigenvalue weighted by molar-refractivity contribution is 5.71. The Hall–Kier alpha value is -2.37. The van der Waals surface area contributed by atoms with Crippen LogP contribution in [-0.4, -0.2) is 37.2 Å². The molecule has 0 heterocycles. The van der Waals surface area contributed by atoms with E-state index in [0.717, 1.165) is 96.3 Å². The van der Waals surface area contributed by atoms with Crippen molar-refractivity contribution in [3.8, 4) is 0 Å². The maximum Gasteiger partial charge on any atom is 0.306 e. The number of allylic oxidation sites excluding steroid dienone is 6. The number of hydrogen-bond donors (Lipinski definition) is 0. The summed E-state index contributed by atoms with van der Waals surface area (Å²) in [4.78, 5) is 38.2. The van der Waals surface area contributed by atoms with Gasteiger partial charge in [0.25, 0.3) is 0 Å². The fourth-order valence-electron chi connectivity index (χ4n) is 8.75. The van der Waals surface area contributed by atoms with E-state index in [1.807, 2.05) is 0 Å². The molecule has 6 nitrogen and oxygen atoms in total. The number of hydrogen-bond acceptors (Lipinski definition) is 6. The van der Waals surface area contributed by atoms with Crippen molar-refractivity contribution in [2.24, 2.45) is 0 Å². The van der Waals surface area contributed by atoms with Crippen LogP contribution < -0.4 is 0 Å². The van der Waals surface area contributed by atoms with Gasteiger partial charge in [0.05, 0.1) is 0 Å². The third-order valence-corrected chi connectivity index (χ3v) is 13.2. The first-order valence-electron chi connectivity index (χ1n) is 29.5. The minimum Gasteiger partial charge on any atom is -0.462 e. The molecule has 0 aliphatic heterocycles. The minimum absolute atomic E-state index is 0.0743. The van der Waals surface area contributed by atoms with E-state index >= 15 is 0 Å². The highest BCUT2D eigenvalue weighted by Crippen LogP contribution is 2.17. The maximum atomic E-state index is 12.8. The fraction of sp³-hybridized carbons (Fsp3) is 0.852. The van der Waals surface area contributed by atoms with Crippen LogP contribution in [0.1, 0.15) is 316 Å². The molecule has 0 amide bonds. The van der Waals surface area contributed by atoms with Gasteiger partial charge in [0.15, 0.2) is 6.10 Å². The quantitative estimate of drug-likeness (QED) is 0.0262. The lowest BCUT2D eigenvalue weighted by Gasteiger charge is -2.18. The number of rotatable bonds is 54. The van der Waals surface area contributed by atoms with E-state index in [1.165, 1.54) is 180 Å². The fourth-order valence-corrected chi connectivity index (χ4v) is 8.75. The van der Waals surface area contributed by atoms with Gasteiger partial charge in [-0.25, -0.2) is 0 Å². The largest absolute Gasteiger partial charge is 0.462 e. The molecule has 0 unspecified atom stereocenters. The molecule has 0 aliphatic carbocycles. The van der Waals surface area contributed by atoms with E-state index in [-0.39, 0.29) is 31.1 Å². The first-order chi connectivity index (χ1) is 33.0.